The molecule has 3 aliphatic rings. The van der Waals surface area contributed by atoms with Crippen molar-refractivity contribution in [2.75, 3.05) is 18.5 Å². The molecule has 58 heavy (non-hydrogen) atoms. The molecule has 3 aromatic rings. The number of amides is 3. The van der Waals surface area contributed by atoms with E-state index < -0.39 is 58.9 Å². The van der Waals surface area contributed by atoms with E-state index in [1.165, 1.54) is 22.3 Å². The van der Waals surface area contributed by atoms with Gasteiger partial charge in [0.15, 0.2) is 11.7 Å². The van der Waals surface area contributed by atoms with E-state index >= 15 is 0 Å². The fraction of sp³-hybridized carbons (Fsp3) is 0.537. The lowest BCUT2D eigenvalue weighted by Crippen LogP contribution is -2.59. The number of carboxylic acid groups (broad SMARTS) is 1. The molecule has 6 rings (SSSR count). The Morgan fingerprint density at radius 1 is 1.16 bits per heavy atom. The summed E-state index contributed by atoms with van der Waals surface area (Å²) < 4.78 is 18.0. The van der Waals surface area contributed by atoms with Crippen molar-refractivity contribution in [1.82, 2.24) is 25.5 Å². The Labute approximate surface area is 346 Å². The number of alkyl carbamates (subject to hydrolysis) is 1. The number of hydrogen-bond acceptors (Lipinski definition) is 12. The highest BCUT2D eigenvalue weighted by atomic mass is 35.5. The molecule has 310 valence electrons. The van der Waals surface area contributed by atoms with Gasteiger partial charge in [0.25, 0.3) is 0 Å². The van der Waals surface area contributed by atoms with E-state index in [-0.39, 0.29) is 48.9 Å². The van der Waals surface area contributed by atoms with Crippen LogP contribution in [0.5, 0.6) is 11.5 Å². The summed E-state index contributed by atoms with van der Waals surface area (Å²) in [5, 5.41) is 31.2. The SMILES string of the molecule is C=C[C@@H]1C[C@]1(NC(=O)[C@@H]1C[C@@H](Oc2cc(-c3csc(NC(C)C)n3)nc3c(Cl)c(OCC#N)ccc23)CN1C(=O)[C@@H](NC(=O)O[C@@H]1CC[C@H](C)C1)C(C)(C)C)C(=O)O. The number of fused-ring (bicyclic) bond motifs is 1. The maximum Gasteiger partial charge on any atom is 0.408 e. The van der Waals surface area contributed by atoms with Crippen LogP contribution < -0.4 is 25.4 Å². The molecule has 15 nitrogen and oxygen atoms in total. The van der Waals surface area contributed by atoms with Crippen molar-refractivity contribution in [3.63, 3.8) is 0 Å². The zero-order valence-corrected chi connectivity index (χ0v) is 35.0. The number of halogens is 1. The quantitative estimate of drug-likeness (QED) is 0.128. The first-order chi connectivity index (χ1) is 27.4. The van der Waals surface area contributed by atoms with Crippen molar-refractivity contribution in [3.8, 4) is 29.0 Å². The number of likely N-dealkylation sites (tertiary alicyclic amines) is 1. The molecule has 3 amide bonds. The number of aliphatic carboxylic acids is 1. The van der Waals surface area contributed by atoms with E-state index in [4.69, 9.17) is 41.0 Å². The number of benzene rings is 1. The third-order valence-electron chi connectivity index (χ3n) is 10.8. The number of hydrogen-bond donors (Lipinski definition) is 4. The smallest absolute Gasteiger partial charge is 0.408 e. The van der Waals surface area contributed by atoms with Gasteiger partial charge in [-0.25, -0.2) is 19.6 Å². The number of nitrogens with one attached hydrogen (secondary N) is 3. The van der Waals surface area contributed by atoms with E-state index in [9.17, 15) is 24.3 Å². The van der Waals surface area contributed by atoms with Gasteiger partial charge in [-0.1, -0.05) is 45.4 Å². The number of ether oxygens (including phenoxy) is 3. The van der Waals surface area contributed by atoms with E-state index in [0.29, 0.717) is 39.1 Å². The van der Waals surface area contributed by atoms with Crippen molar-refractivity contribution >= 4 is 62.8 Å². The van der Waals surface area contributed by atoms with Gasteiger partial charge in [0.2, 0.25) is 11.8 Å². The lowest BCUT2D eigenvalue weighted by molar-refractivity contribution is -0.146. The molecule has 7 atom stereocenters. The van der Waals surface area contributed by atoms with Crippen LogP contribution >= 0.6 is 22.9 Å². The highest BCUT2D eigenvalue weighted by molar-refractivity contribution is 7.14. The summed E-state index contributed by atoms with van der Waals surface area (Å²) in [4.78, 5) is 65.4. The number of rotatable bonds is 14. The van der Waals surface area contributed by atoms with Gasteiger partial charge in [-0.2, -0.15) is 5.26 Å². The first kappa shape index (κ1) is 42.5. The maximum absolute atomic E-state index is 14.7. The van der Waals surface area contributed by atoms with Crippen molar-refractivity contribution in [2.45, 2.75) is 110 Å². The van der Waals surface area contributed by atoms with Gasteiger partial charge in [-0.05, 0) is 63.0 Å². The Morgan fingerprint density at radius 2 is 1.91 bits per heavy atom. The third kappa shape index (κ3) is 9.10. The van der Waals surface area contributed by atoms with Gasteiger partial charge in [0.1, 0.15) is 58.1 Å². The van der Waals surface area contributed by atoms with Crippen LogP contribution in [0.15, 0.2) is 36.2 Å². The minimum atomic E-state index is -1.55. The van der Waals surface area contributed by atoms with E-state index in [1.807, 2.05) is 25.3 Å². The van der Waals surface area contributed by atoms with Crippen molar-refractivity contribution in [2.24, 2.45) is 17.3 Å². The van der Waals surface area contributed by atoms with Crippen molar-refractivity contribution < 1.29 is 38.5 Å². The molecule has 1 saturated heterocycles. The van der Waals surface area contributed by atoms with Crippen LogP contribution in [0.4, 0.5) is 9.93 Å². The molecule has 0 radical (unpaired) electrons. The topological polar surface area (TPSA) is 205 Å². The Hall–Kier alpha value is -5.14. The Bertz CT molecular complexity index is 2130. The number of carboxylic acids is 1. The largest absolute Gasteiger partial charge is 0.488 e. The summed E-state index contributed by atoms with van der Waals surface area (Å²) in [6.45, 7) is 14.9. The van der Waals surface area contributed by atoms with Crippen molar-refractivity contribution in [1.29, 1.82) is 5.26 Å². The number of pyridine rings is 1. The second-order valence-corrected chi connectivity index (χ2v) is 18.0. The summed E-state index contributed by atoms with van der Waals surface area (Å²) >= 11 is 8.24. The van der Waals surface area contributed by atoms with E-state index in [1.54, 1.807) is 39.0 Å². The standard InChI is InChI=1S/C41H50ClN7O8S/c1-8-23-18-41(23,37(52)53)48-35(50)29-16-25(19-49(29)36(51)34(40(5,6)7)47-39(54)57-24-10-9-22(4)15-24)56-31-17-27(28-20-58-38(46-28)44-21(2)3)45-33-26(31)11-12-30(32(33)42)55-14-13-43/h8,11-12,17,20-25,29,34H,1,9-10,14-16,18-19H2,2-7H3,(H,44,46)(H,47,54)(H,48,50)(H,52,53)/t22-,23+,24+,25+,29-,34+,41+/m0/s1. The predicted octanol–water partition coefficient (Wildman–Crippen LogP) is 6.56. The molecule has 3 fully saturated rings. The predicted molar refractivity (Wildman–Crippen MR) is 219 cm³/mol. The van der Waals surface area contributed by atoms with Gasteiger partial charge < -0.3 is 40.2 Å². The zero-order valence-electron chi connectivity index (χ0n) is 33.5. The second kappa shape index (κ2) is 17.0. The molecule has 1 aromatic carbocycles. The first-order valence-electron chi connectivity index (χ1n) is 19.4. The maximum atomic E-state index is 14.7. The number of thiazole rings is 1. The summed E-state index contributed by atoms with van der Waals surface area (Å²) in [6.07, 6.45) is 2.27. The molecular weight excluding hydrogens is 786 g/mol. The molecule has 17 heteroatoms. The van der Waals surface area contributed by atoms with Gasteiger partial charge in [-0.15, -0.1) is 17.9 Å². The van der Waals surface area contributed by atoms with Crippen LogP contribution in [-0.2, 0) is 19.1 Å². The molecule has 2 aromatic heterocycles. The van der Waals surface area contributed by atoms with Gasteiger partial charge in [0.05, 0.1) is 17.8 Å². The average molecular weight is 836 g/mol. The second-order valence-electron chi connectivity index (χ2n) is 16.7. The van der Waals surface area contributed by atoms with Crippen molar-refractivity contribution in [3.05, 3.63) is 41.3 Å². The molecule has 2 saturated carbocycles. The molecular formula is C41H50ClN7O8S. The highest BCUT2D eigenvalue weighted by Gasteiger charge is 2.61. The Kier molecular flexibility index (Phi) is 12.4. The van der Waals surface area contributed by atoms with Crippen LogP contribution in [0.3, 0.4) is 0 Å². The monoisotopic (exact) mass is 835 g/mol. The average Bonchev–Trinajstić information content (AvgIpc) is 3.47. The number of anilines is 1. The number of nitrogens with zero attached hydrogens (tertiary/aromatic N) is 4. The number of nitriles is 1. The Balaban J connectivity index is 1.35. The van der Waals surface area contributed by atoms with Crippen LogP contribution in [0.25, 0.3) is 22.3 Å². The fourth-order valence-corrected chi connectivity index (χ4v) is 8.73. The van der Waals surface area contributed by atoms with Crippen LogP contribution in [-0.4, -0.2) is 92.9 Å². The van der Waals surface area contributed by atoms with E-state index in [0.717, 1.165) is 19.3 Å². The minimum absolute atomic E-state index is 0.0112. The fourth-order valence-electron chi connectivity index (χ4n) is 7.62. The lowest BCUT2D eigenvalue weighted by atomic mass is 9.85. The molecule has 0 spiro atoms. The molecule has 0 unspecified atom stereocenters. The summed E-state index contributed by atoms with van der Waals surface area (Å²) in [6, 6.07) is 4.81. The molecule has 3 heterocycles. The third-order valence-corrected chi connectivity index (χ3v) is 11.9. The highest BCUT2D eigenvalue weighted by Crippen LogP contribution is 2.45. The summed E-state index contributed by atoms with van der Waals surface area (Å²) in [7, 11) is 0. The van der Waals surface area contributed by atoms with Crippen LogP contribution in [0.1, 0.15) is 73.6 Å². The lowest BCUT2D eigenvalue weighted by Gasteiger charge is -2.35. The number of carbonyl (C=O) groups is 4. The minimum Gasteiger partial charge on any atom is -0.488 e. The molecule has 2 aliphatic carbocycles. The van der Waals surface area contributed by atoms with Crippen LogP contribution in [0.2, 0.25) is 5.02 Å². The first-order valence-corrected chi connectivity index (χ1v) is 20.7. The zero-order chi connectivity index (χ0) is 42.1. The summed E-state index contributed by atoms with van der Waals surface area (Å²) in [5.74, 6) is -1.92. The molecule has 0 bridgehead atoms. The molecule has 4 N–H and O–H groups in total. The van der Waals surface area contributed by atoms with Gasteiger partial charge >= 0.3 is 12.1 Å². The van der Waals surface area contributed by atoms with Gasteiger partial charge in [-0.3, -0.25) is 9.59 Å². The van der Waals surface area contributed by atoms with E-state index in [2.05, 4.69) is 29.5 Å². The normalized spacial score (nSPS) is 24.5. The number of aromatic nitrogens is 2. The number of carbonyl (C=O) groups excluding carboxylic acids is 3. The summed E-state index contributed by atoms with van der Waals surface area (Å²) in [5.41, 5.74) is -1.09. The molecule has 1 aliphatic heterocycles. The van der Waals surface area contributed by atoms with Gasteiger partial charge in [0, 0.05) is 35.2 Å². The van der Waals surface area contributed by atoms with Crippen LogP contribution in [0, 0.1) is 28.6 Å². The Morgan fingerprint density at radius 3 is 2.53 bits per heavy atom.